The molecule has 0 saturated heterocycles. The zero-order valence-corrected chi connectivity index (χ0v) is 19.9. The van der Waals surface area contributed by atoms with Gasteiger partial charge >= 0.3 is 6.09 Å². The first-order chi connectivity index (χ1) is 16.1. The summed E-state index contributed by atoms with van der Waals surface area (Å²) in [4.78, 5) is 15.5. The third-order valence-corrected chi connectivity index (χ3v) is 7.16. The number of nitrogens with zero attached hydrogens (tertiary/aromatic N) is 1. The van der Waals surface area contributed by atoms with Crippen LogP contribution in [0.1, 0.15) is 22.3 Å². The fourth-order valence-corrected chi connectivity index (χ4v) is 5.64. The van der Waals surface area contributed by atoms with Crippen molar-refractivity contribution in [2.24, 2.45) is 0 Å². The average molecular weight is 476 g/mol. The third-order valence-electron chi connectivity index (χ3n) is 5.51. The van der Waals surface area contributed by atoms with Gasteiger partial charge < -0.3 is 10.4 Å². The molecule has 0 saturated carbocycles. The monoisotopic (exact) mass is 475 g/mol. The number of carbonyl (C=O) groups is 1. The number of hydrogen-bond donors (Lipinski definition) is 3. The van der Waals surface area contributed by atoms with Crippen molar-refractivity contribution in [2.75, 3.05) is 4.72 Å². The van der Waals surface area contributed by atoms with Gasteiger partial charge in [0.2, 0.25) is 0 Å². The first-order valence-corrected chi connectivity index (χ1v) is 12.2. The highest BCUT2D eigenvalue weighted by molar-refractivity contribution is 7.92. The number of benzene rings is 3. The van der Waals surface area contributed by atoms with E-state index in [4.69, 9.17) is 5.11 Å². The zero-order chi connectivity index (χ0) is 24.5. The lowest BCUT2D eigenvalue weighted by molar-refractivity contribution is 0.194. The topological polar surface area (TPSA) is 108 Å². The van der Waals surface area contributed by atoms with E-state index in [-0.39, 0.29) is 17.3 Å². The summed E-state index contributed by atoms with van der Waals surface area (Å²) < 4.78 is 28.7. The highest BCUT2D eigenvalue weighted by Gasteiger charge is 2.20. The summed E-state index contributed by atoms with van der Waals surface area (Å²) in [5.74, 6) is 0.251. The van der Waals surface area contributed by atoms with Crippen LogP contribution in [0, 0.1) is 20.8 Å². The van der Waals surface area contributed by atoms with Crippen LogP contribution in [0.2, 0.25) is 0 Å². The van der Waals surface area contributed by atoms with E-state index in [2.05, 4.69) is 15.0 Å². The number of aromatic nitrogens is 1. The Labute approximate surface area is 198 Å². The Morgan fingerprint density at radius 3 is 2.32 bits per heavy atom. The molecule has 174 valence electrons. The van der Waals surface area contributed by atoms with E-state index >= 15 is 0 Å². The molecule has 0 aliphatic heterocycles. The molecule has 0 atom stereocenters. The fraction of sp³-hybridized carbons (Fsp3) is 0.154. The number of nitrogens with one attached hydrogen (secondary N) is 2. The van der Waals surface area contributed by atoms with E-state index < -0.39 is 16.1 Å². The number of hydrogen-bond acceptors (Lipinski definition) is 4. The molecule has 1 heterocycles. The molecule has 8 heteroatoms. The van der Waals surface area contributed by atoms with Crippen molar-refractivity contribution in [3.63, 3.8) is 0 Å². The number of sulfonamides is 1. The van der Waals surface area contributed by atoms with Crippen molar-refractivity contribution in [3.05, 3.63) is 89.0 Å². The number of anilines is 1. The number of carboxylic acid groups (broad SMARTS) is 1. The van der Waals surface area contributed by atoms with Crippen LogP contribution in [-0.2, 0) is 16.6 Å². The summed E-state index contributed by atoms with van der Waals surface area (Å²) in [5.41, 5.74) is 5.80. The molecule has 3 N–H and O–H groups in total. The van der Waals surface area contributed by atoms with Crippen molar-refractivity contribution >= 4 is 32.8 Å². The molecule has 0 fully saturated rings. The van der Waals surface area contributed by atoms with Crippen LogP contribution >= 0.6 is 0 Å². The Bertz CT molecular complexity index is 1490. The summed E-state index contributed by atoms with van der Waals surface area (Å²) in [6.07, 6.45) is -1.07. The van der Waals surface area contributed by atoms with Crippen LogP contribution in [0.4, 0.5) is 10.6 Å². The summed E-state index contributed by atoms with van der Waals surface area (Å²) in [6, 6.07) is 20.5. The molecular weight excluding hydrogens is 450 g/mol. The Morgan fingerprint density at radius 2 is 1.62 bits per heavy atom. The SMILES string of the molecule is Cc1cc(C)c(S(=O)(=O)Nc2ccc3cc(-c4cccc(CNC(=O)O)c4)ccc3n2)c(C)c1. The second kappa shape index (κ2) is 9.15. The molecule has 34 heavy (non-hydrogen) atoms. The Morgan fingerprint density at radius 1 is 0.912 bits per heavy atom. The fourth-order valence-electron chi connectivity index (χ4n) is 4.18. The van der Waals surface area contributed by atoms with Crippen molar-refractivity contribution in [1.29, 1.82) is 0 Å². The second-order valence-electron chi connectivity index (χ2n) is 8.30. The molecule has 4 rings (SSSR count). The molecule has 0 aliphatic carbocycles. The van der Waals surface area contributed by atoms with Crippen molar-refractivity contribution in [2.45, 2.75) is 32.2 Å². The standard InChI is InChI=1S/C26H25N3O4S/c1-16-11-17(2)25(18(3)12-16)34(32,33)29-24-10-8-22-14-21(7-9-23(22)28-24)20-6-4-5-19(13-20)15-27-26(30)31/h4-14,27H,15H2,1-3H3,(H,28,29)(H,30,31). The summed E-state index contributed by atoms with van der Waals surface area (Å²) in [5, 5.41) is 12.0. The maximum Gasteiger partial charge on any atom is 0.404 e. The Hall–Kier alpha value is -3.91. The van der Waals surface area contributed by atoms with Crippen molar-refractivity contribution in [1.82, 2.24) is 10.3 Å². The molecule has 1 amide bonds. The molecule has 0 bridgehead atoms. The van der Waals surface area contributed by atoms with Crippen LogP contribution < -0.4 is 10.0 Å². The van der Waals surface area contributed by atoms with E-state index in [9.17, 15) is 13.2 Å². The largest absolute Gasteiger partial charge is 0.465 e. The van der Waals surface area contributed by atoms with Gasteiger partial charge in [0.1, 0.15) is 5.82 Å². The van der Waals surface area contributed by atoms with Gasteiger partial charge in [-0.25, -0.2) is 18.2 Å². The average Bonchev–Trinajstić information content (AvgIpc) is 2.76. The Kier molecular flexibility index (Phi) is 6.26. The maximum absolute atomic E-state index is 13.1. The minimum absolute atomic E-state index is 0.224. The Balaban J connectivity index is 1.61. The predicted molar refractivity (Wildman–Crippen MR) is 134 cm³/mol. The molecule has 0 radical (unpaired) electrons. The first kappa shape index (κ1) is 23.3. The summed E-state index contributed by atoms with van der Waals surface area (Å²) in [6.45, 7) is 5.74. The maximum atomic E-state index is 13.1. The minimum Gasteiger partial charge on any atom is -0.465 e. The van der Waals surface area contributed by atoms with Gasteiger partial charge in [0, 0.05) is 11.9 Å². The lowest BCUT2D eigenvalue weighted by Crippen LogP contribution is -2.19. The summed E-state index contributed by atoms with van der Waals surface area (Å²) in [7, 11) is -3.79. The van der Waals surface area contributed by atoms with Gasteiger partial charge in [-0.3, -0.25) is 4.72 Å². The van der Waals surface area contributed by atoms with Crippen molar-refractivity contribution in [3.8, 4) is 11.1 Å². The highest BCUT2D eigenvalue weighted by atomic mass is 32.2. The molecule has 0 unspecified atom stereocenters. The van der Waals surface area contributed by atoms with Gasteiger partial charge in [-0.2, -0.15) is 0 Å². The van der Waals surface area contributed by atoms with Crippen LogP contribution in [-0.4, -0.2) is 24.6 Å². The van der Waals surface area contributed by atoms with Gasteiger partial charge in [0.15, 0.2) is 0 Å². The lowest BCUT2D eigenvalue weighted by Gasteiger charge is -2.14. The van der Waals surface area contributed by atoms with E-state index in [1.807, 2.05) is 67.6 Å². The lowest BCUT2D eigenvalue weighted by atomic mass is 10.0. The number of fused-ring (bicyclic) bond motifs is 1. The summed E-state index contributed by atoms with van der Waals surface area (Å²) >= 11 is 0. The quantitative estimate of drug-likeness (QED) is 0.346. The van der Waals surface area contributed by atoms with Crippen LogP contribution in [0.5, 0.6) is 0 Å². The van der Waals surface area contributed by atoms with Gasteiger partial charge in [-0.05, 0) is 78.9 Å². The van der Waals surface area contributed by atoms with E-state index in [1.165, 1.54) is 0 Å². The van der Waals surface area contributed by atoms with Crippen LogP contribution in [0.3, 0.4) is 0 Å². The first-order valence-electron chi connectivity index (χ1n) is 10.7. The number of rotatable bonds is 6. The molecule has 3 aromatic carbocycles. The van der Waals surface area contributed by atoms with Crippen molar-refractivity contribution < 1.29 is 18.3 Å². The predicted octanol–water partition coefficient (Wildman–Crippen LogP) is 5.40. The smallest absolute Gasteiger partial charge is 0.404 e. The third kappa shape index (κ3) is 5.02. The molecular formula is C26H25N3O4S. The number of amides is 1. The molecule has 7 nitrogen and oxygen atoms in total. The van der Waals surface area contributed by atoms with Crippen LogP contribution in [0.15, 0.2) is 71.6 Å². The van der Waals surface area contributed by atoms with Gasteiger partial charge in [0.25, 0.3) is 10.0 Å². The molecule has 0 aliphatic rings. The minimum atomic E-state index is -3.79. The molecule has 1 aromatic heterocycles. The van der Waals surface area contributed by atoms with Gasteiger partial charge in [-0.15, -0.1) is 0 Å². The van der Waals surface area contributed by atoms with E-state index in [0.717, 1.165) is 27.6 Å². The highest BCUT2D eigenvalue weighted by Crippen LogP contribution is 2.27. The number of pyridine rings is 1. The number of aryl methyl sites for hydroxylation is 3. The van der Waals surface area contributed by atoms with E-state index in [0.29, 0.717) is 16.6 Å². The van der Waals surface area contributed by atoms with E-state index in [1.54, 1.807) is 19.9 Å². The second-order valence-corrected chi connectivity index (χ2v) is 9.92. The normalized spacial score (nSPS) is 11.4. The molecule has 4 aromatic rings. The van der Waals surface area contributed by atoms with Gasteiger partial charge in [-0.1, -0.05) is 42.0 Å². The van der Waals surface area contributed by atoms with Gasteiger partial charge in [0.05, 0.1) is 10.4 Å². The van der Waals surface area contributed by atoms with Crippen LogP contribution in [0.25, 0.3) is 22.0 Å². The zero-order valence-electron chi connectivity index (χ0n) is 19.1. The molecule has 0 spiro atoms.